The molecule has 1 amide bonds. The van der Waals surface area contributed by atoms with E-state index in [4.69, 9.17) is 14.5 Å². The Balaban J connectivity index is 1.46. The molecule has 3 heterocycles. The van der Waals surface area contributed by atoms with Crippen molar-refractivity contribution in [1.82, 2.24) is 15.3 Å². The Hall–Kier alpha value is -3.77. The standard InChI is InChI=1S/C28H27N3O3/c1-33-22-10-8-21(9-11-22)28(12-15-34-16-13-28)19-30-27(32)24-17-26(20-5-4-14-29-18-20)31-25-7-3-2-6-23(24)25/h2-11,14,17-18H,12-13,15-16,19H2,1H3,(H,30,32). The molecule has 2 aromatic heterocycles. The number of fused-ring (bicyclic) bond motifs is 1. The molecule has 0 spiro atoms. The monoisotopic (exact) mass is 453 g/mol. The number of hydrogen-bond acceptors (Lipinski definition) is 5. The van der Waals surface area contributed by atoms with Crippen LogP contribution in [0, 0.1) is 0 Å². The Morgan fingerprint density at radius 2 is 1.85 bits per heavy atom. The van der Waals surface area contributed by atoms with Gasteiger partial charge in [-0.2, -0.15) is 0 Å². The molecule has 2 aromatic carbocycles. The predicted molar refractivity (Wildman–Crippen MR) is 132 cm³/mol. The van der Waals surface area contributed by atoms with E-state index in [0.29, 0.717) is 25.3 Å². The maximum absolute atomic E-state index is 13.6. The van der Waals surface area contributed by atoms with Gasteiger partial charge in [0.05, 0.1) is 23.9 Å². The fourth-order valence-electron chi connectivity index (χ4n) is 4.64. The molecule has 1 N–H and O–H groups in total. The number of nitrogens with zero attached hydrogens (tertiary/aromatic N) is 2. The number of nitrogens with one attached hydrogen (secondary N) is 1. The molecule has 1 saturated heterocycles. The zero-order valence-electron chi connectivity index (χ0n) is 19.2. The maximum atomic E-state index is 13.6. The van der Waals surface area contributed by atoms with Gasteiger partial charge in [-0.25, -0.2) is 4.98 Å². The minimum Gasteiger partial charge on any atom is -0.497 e. The maximum Gasteiger partial charge on any atom is 0.252 e. The molecule has 34 heavy (non-hydrogen) atoms. The molecule has 0 saturated carbocycles. The highest BCUT2D eigenvalue weighted by molar-refractivity contribution is 6.07. The number of ether oxygens (including phenoxy) is 2. The zero-order valence-corrected chi connectivity index (χ0v) is 19.2. The second-order valence-corrected chi connectivity index (χ2v) is 8.62. The van der Waals surface area contributed by atoms with Gasteiger partial charge in [-0.3, -0.25) is 9.78 Å². The van der Waals surface area contributed by atoms with Crippen molar-refractivity contribution >= 4 is 16.8 Å². The van der Waals surface area contributed by atoms with E-state index >= 15 is 0 Å². The van der Waals surface area contributed by atoms with E-state index < -0.39 is 0 Å². The van der Waals surface area contributed by atoms with Gasteiger partial charge < -0.3 is 14.8 Å². The number of pyridine rings is 2. The van der Waals surface area contributed by atoms with Gasteiger partial charge in [0.25, 0.3) is 5.91 Å². The Morgan fingerprint density at radius 3 is 2.59 bits per heavy atom. The van der Waals surface area contributed by atoms with Crippen molar-refractivity contribution in [2.24, 2.45) is 0 Å². The summed E-state index contributed by atoms with van der Waals surface area (Å²) in [7, 11) is 1.66. The molecule has 0 radical (unpaired) electrons. The quantitative estimate of drug-likeness (QED) is 0.455. The topological polar surface area (TPSA) is 73.3 Å². The summed E-state index contributed by atoms with van der Waals surface area (Å²) < 4.78 is 11.0. The van der Waals surface area contributed by atoms with Crippen LogP contribution in [0.1, 0.15) is 28.8 Å². The first-order valence-corrected chi connectivity index (χ1v) is 11.5. The summed E-state index contributed by atoms with van der Waals surface area (Å²) in [6, 6.07) is 21.6. The number of methoxy groups -OCH3 is 1. The van der Waals surface area contributed by atoms with Gasteiger partial charge in [-0.05, 0) is 54.8 Å². The van der Waals surface area contributed by atoms with Crippen molar-refractivity contribution < 1.29 is 14.3 Å². The normalized spacial score (nSPS) is 15.1. The molecule has 1 aliphatic rings. The van der Waals surface area contributed by atoms with Gasteiger partial charge >= 0.3 is 0 Å². The summed E-state index contributed by atoms with van der Waals surface area (Å²) in [5.41, 5.74) is 4.00. The van der Waals surface area contributed by atoms with Gasteiger partial charge in [0.2, 0.25) is 0 Å². The van der Waals surface area contributed by atoms with E-state index in [2.05, 4.69) is 22.4 Å². The second-order valence-electron chi connectivity index (χ2n) is 8.62. The van der Waals surface area contributed by atoms with Crippen LogP contribution >= 0.6 is 0 Å². The van der Waals surface area contributed by atoms with Crippen molar-refractivity contribution in [1.29, 1.82) is 0 Å². The number of hydrogen-bond donors (Lipinski definition) is 1. The fraction of sp³-hybridized carbons (Fsp3) is 0.250. The minimum absolute atomic E-state index is 0.108. The third-order valence-corrected chi connectivity index (χ3v) is 6.66. The highest BCUT2D eigenvalue weighted by atomic mass is 16.5. The largest absolute Gasteiger partial charge is 0.497 e. The van der Waals surface area contributed by atoms with E-state index in [-0.39, 0.29) is 11.3 Å². The average molecular weight is 454 g/mol. The summed E-state index contributed by atoms with van der Waals surface area (Å²) in [5.74, 6) is 0.712. The third kappa shape index (κ3) is 4.37. The number of carbonyl (C=O) groups is 1. The molecule has 6 heteroatoms. The lowest BCUT2D eigenvalue weighted by Gasteiger charge is -2.38. The van der Waals surface area contributed by atoms with E-state index in [1.54, 1.807) is 19.5 Å². The smallest absolute Gasteiger partial charge is 0.252 e. The van der Waals surface area contributed by atoms with Crippen LogP contribution in [0.25, 0.3) is 22.2 Å². The van der Waals surface area contributed by atoms with Crippen LogP contribution in [0.5, 0.6) is 5.75 Å². The Morgan fingerprint density at radius 1 is 1.06 bits per heavy atom. The lowest BCUT2D eigenvalue weighted by molar-refractivity contribution is 0.0487. The third-order valence-electron chi connectivity index (χ3n) is 6.66. The summed E-state index contributed by atoms with van der Waals surface area (Å²) in [5, 5.41) is 4.07. The van der Waals surface area contributed by atoms with Crippen LogP contribution in [-0.4, -0.2) is 42.7 Å². The van der Waals surface area contributed by atoms with Crippen LogP contribution in [0.3, 0.4) is 0 Å². The van der Waals surface area contributed by atoms with Gasteiger partial charge in [-0.15, -0.1) is 0 Å². The number of amides is 1. The molecular weight excluding hydrogens is 426 g/mol. The Labute approximate surface area is 199 Å². The Kier molecular flexibility index (Phi) is 6.23. The molecule has 4 aromatic rings. The molecule has 0 atom stereocenters. The van der Waals surface area contributed by atoms with Crippen molar-refractivity contribution in [3.8, 4) is 17.0 Å². The zero-order chi connectivity index (χ0) is 23.4. The summed E-state index contributed by atoms with van der Waals surface area (Å²) >= 11 is 0. The molecule has 172 valence electrons. The number of benzene rings is 2. The van der Waals surface area contributed by atoms with Crippen molar-refractivity contribution in [2.45, 2.75) is 18.3 Å². The SMILES string of the molecule is COc1ccc(C2(CNC(=O)c3cc(-c4cccnc4)nc4ccccc34)CCOCC2)cc1. The van der Waals surface area contributed by atoms with Crippen LogP contribution in [0.2, 0.25) is 0 Å². The molecule has 1 aliphatic heterocycles. The van der Waals surface area contributed by atoms with E-state index in [9.17, 15) is 4.79 Å². The first kappa shape index (κ1) is 22.0. The summed E-state index contributed by atoms with van der Waals surface area (Å²) in [4.78, 5) is 22.5. The van der Waals surface area contributed by atoms with Crippen molar-refractivity contribution in [2.75, 3.05) is 26.9 Å². The van der Waals surface area contributed by atoms with Crippen LogP contribution in [0.4, 0.5) is 0 Å². The van der Waals surface area contributed by atoms with Crippen molar-refractivity contribution in [3.63, 3.8) is 0 Å². The predicted octanol–water partition coefficient (Wildman–Crippen LogP) is 4.78. The number of para-hydroxylation sites is 1. The highest BCUT2D eigenvalue weighted by Gasteiger charge is 2.35. The van der Waals surface area contributed by atoms with Gasteiger partial charge in [-0.1, -0.05) is 30.3 Å². The van der Waals surface area contributed by atoms with Gasteiger partial charge in [0, 0.05) is 48.5 Å². The lowest BCUT2D eigenvalue weighted by Crippen LogP contribution is -2.44. The lowest BCUT2D eigenvalue weighted by atomic mass is 9.74. The molecule has 1 fully saturated rings. The van der Waals surface area contributed by atoms with E-state index in [1.165, 1.54) is 5.56 Å². The van der Waals surface area contributed by atoms with Gasteiger partial charge in [0.15, 0.2) is 0 Å². The summed E-state index contributed by atoms with van der Waals surface area (Å²) in [6.07, 6.45) is 5.18. The van der Waals surface area contributed by atoms with Crippen LogP contribution < -0.4 is 10.1 Å². The number of aromatic nitrogens is 2. The molecule has 0 unspecified atom stereocenters. The van der Waals surface area contributed by atoms with E-state index in [0.717, 1.165) is 40.8 Å². The molecule has 0 aliphatic carbocycles. The van der Waals surface area contributed by atoms with Gasteiger partial charge in [0.1, 0.15) is 5.75 Å². The Bertz CT molecular complexity index is 1280. The van der Waals surface area contributed by atoms with E-state index in [1.807, 2.05) is 54.6 Å². The molecular formula is C28H27N3O3. The van der Waals surface area contributed by atoms with Crippen LogP contribution in [0.15, 0.2) is 79.1 Å². The first-order chi connectivity index (χ1) is 16.7. The minimum atomic E-state index is -0.185. The number of rotatable bonds is 6. The van der Waals surface area contributed by atoms with Crippen LogP contribution in [-0.2, 0) is 10.2 Å². The molecule has 5 rings (SSSR count). The highest BCUT2D eigenvalue weighted by Crippen LogP contribution is 2.35. The molecule has 6 nitrogen and oxygen atoms in total. The average Bonchev–Trinajstić information content (AvgIpc) is 2.92. The number of carbonyl (C=O) groups excluding carboxylic acids is 1. The fourth-order valence-corrected chi connectivity index (χ4v) is 4.64. The summed E-state index contributed by atoms with van der Waals surface area (Å²) in [6.45, 7) is 1.87. The van der Waals surface area contributed by atoms with Crippen molar-refractivity contribution in [3.05, 3.63) is 90.3 Å². The second kappa shape index (κ2) is 9.61. The molecule has 0 bridgehead atoms. The first-order valence-electron chi connectivity index (χ1n) is 11.5.